The van der Waals surface area contributed by atoms with Gasteiger partial charge in [0, 0.05) is 19.1 Å². The molecule has 3 aliphatic heterocycles. The van der Waals surface area contributed by atoms with Crippen LogP contribution in [0.2, 0.25) is 0 Å². The molecule has 0 spiro atoms. The van der Waals surface area contributed by atoms with Gasteiger partial charge in [-0.2, -0.15) is 0 Å². The number of rotatable bonds is 3. The third kappa shape index (κ3) is 2.61. The molecular weight excluding hydrogens is 298 g/mol. The molecule has 0 aliphatic carbocycles. The molecule has 1 unspecified atom stereocenters. The number of fused-ring (bicyclic) bond motifs is 1. The van der Waals surface area contributed by atoms with Crippen LogP contribution >= 0.6 is 0 Å². The van der Waals surface area contributed by atoms with E-state index in [4.69, 9.17) is 9.47 Å². The maximum atomic E-state index is 12.4. The Kier molecular flexibility index (Phi) is 3.57. The highest BCUT2D eigenvalue weighted by Crippen LogP contribution is 2.38. The Labute approximate surface area is 134 Å². The van der Waals surface area contributed by atoms with Gasteiger partial charge in [0.25, 0.3) is 0 Å². The topological polar surface area (TPSA) is 71.1 Å². The lowest BCUT2D eigenvalue weighted by molar-refractivity contribution is -0.129. The third-order valence-electron chi connectivity index (χ3n) is 4.64. The zero-order valence-corrected chi connectivity index (χ0v) is 12.8. The number of nitrogens with zero attached hydrogens (tertiary/aromatic N) is 2. The molecule has 4 rings (SSSR count). The second-order valence-corrected chi connectivity index (χ2v) is 6.02. The predicted molar refractivity (Wildman–Crippen MR) is 81.2 cm³/mol. The number of urea groups is 1. The lowest BCUT2D eigenvalue weighted by Crippen LogP contribution is -2.41. The van der Waals surface area contributed by atoms with Crippen molar-refractivity contribution in [1.29, 1.82) is 0 Å². The van der Waals surface area contributed by atoms with Crippen molar-refractivity contribution in [2.24, 2.45) is 0 Å². The molecule has 122 valence electrons. The molecule has 7 nitrogen and oxygen atoms in total. The number of likely N-dealkylation sites (tertiary alicyclic amines) is 1. The molecule has 1 aromatic rings. The van der Waals surface area contributed by atoms with E-state index in [1.54, 1.807) is 0 Å². The predicted octanol–water partition coefficient (Wildman–Crippen LogP) is 1.10. The fourth-order valence-electron chi connectivity index (χ4n) is 3.48. The Hall–Kier alpha value is -2.28. The molecule has 3 heterocycles. The summed E-state index contributed by atoms with van der Waals surface area (Å²) in [5, 5.41) is 2.66. The van der Waals surface area contributed by atoms with Gasteiger partial charge in [-0.15, -0.1) is 0 Å². The Morgan fingerprint density at radius 2 is 2.13 bits per heavy atom. The highest BCUT2D eigenvalue weighted by Gasteiger charge is 2.33. The first kappa shape index (κ1) is 14.3. The molecule has 0 bridgehead atoms. The first-order chi connectivity index (χ1) is 11.2. The van der Waals surface area contributed by atoms with Crippen molar-refractivity contribution in [2.75, 3.05) is 33.0 Å². The summed E-state index contributed by atoms with van der Waals surface area (Å²) in [7, 11) is 0. The fraction of sp³-hybridized carbons (Fsp3) is 0.500. The van der Waals surface area contributed by atoms with Gasteiger partial charge in [-0.3, -0.25) is 14.6 Å². The van der Waals surface area contributed by atoms with Crippen molar-refractivity contribution >= 4 is 11.9 Å². The van der Waals surface area contributed by atoms with Crippen molar-refractivity contribution in [3.05, 3.63) is 23.8 Å². The number of carbonyl (C=O) groups excluding carboxylic acids is 2. The van der Waals surface area contributed by atoms with Crippen LogP contribution in [0.4, 0.5) is 4.79 Å². The van der Waals surface area contributed by atoms with Crippen LogP contribution in [-0.4, -0.2) is 54.7 Å². The molecule has 1 atom stereocenters. The van der Waals surface area contributed by atoms with E-state index in [1.165, 1.54) is 4.90 Å². The molecule has 3 amide bonds. The summed E-state index contributed by atoms with van der Waals surface area (Å²) in [6.07, 6.45) is 2.04. The molecule has 3 aliphatic rings. The number of carbonyl (C=O) groups is 2. The summed E-state index contributed by atoms with van der Waals surface area (Å²) in [6.45, 7) is 2.39. The summed E-state index contributed by atoms with van der Waals surface area (Å²) in [5.41, 5.74) is 1.13. The lowest BCUT2D eigenvalue weighted by Gasteiger charge is -2.25. The van der Waals surface area contributed by atoms with E-state index in [2.05, 4.69) is 10.2 Å². The van der Waals surface area contributed by atoms with Crippen LogP contribution in [0.3, 0.4) is 0 Å². The van der Waals surface area contributed by atoms with Gasteiger partial charge in [-0.1, -0.05) is 6.07 Å². The minimum Gasteiger partial charge on any atom is -0.454 e. The zero-order valence-electron chi connectivity index (χ0n) is 12.8. The maximum Gasteiger partial charge on any atom is 0.324 e. The molecule has 23 heavy (non-hydrogen) atoms. The van der Waals surface area contributed by atoms with E-state index >= 15 is 0 Å². The molecule has 0 saturated carbocycles. The Bertz CT molecular complexity index is 648. The molecule has 7 heteroatoms. The first-order valence-electron chi connectivity index (χ1n) is 7.94. The first-order valence-corrected chi connectivity index (χ1v) is 7.94. The van der Waals surface area contributed by atoms with Gasteiger partial charge in [0.05, 0.1) is 6.54 Å². The van der Waals surface area contributed by atoms with Gasteiger partial charge in [-0.05, 0) is 37.1 Å². The average Bonchev–Trinajstić information content (AvgIpc) is 3.26. The molecule has 0 radical (unpaired) electrons. The number of imide groups is 1. The minimum atomic E-state index is -0.283. The Morgan fingerprint density at radius 3 is 2.96 bits per heavy atom. The average molecular weight is 317 g/mol. The van der Waals surface area contributed by atoms with E-state index in [0.29, 0.717) is 13.1 Å². The summed E-state index contributed by atoms with van der Waals surface area (Å²) in [5.74, 6) is 1.40. The van der Waals surface area contributed by atoms with E-state index in [-0.39, 0.29) is 31.3 Å². The molecule has 1 aromatic carbocycles. The maximum absolute atomic E-state index is 12.4. The van der Waals surface area contributed by atoms with Gasteiger partial charge >= 0.3 is 6.03 Å². The van der Waals surface area contributed by atoms with Gasteiger partial charge in [0.2, 0.25) is 12.7 Å². The van der Waals surface area contributed by atoms with Gasteiger partial charge < -0.3 is 14.8 Å². The molecule has 2 saturated heterocycles. The zero-order chi connectivity index (χ0) is 15.8. The quantitative estimate of drug-likeness (QED) is 0.904. The van der Waals surface area contributed by atoms with Crippen molar-refractivity contribution in [2.45, 2.75) is 18.9 Å². The summed E-state index contributed by atoms with van der Waals surface area (Å²) >= 11 is 0. The number of benzene rings is 1. The molecule has 1 N–H and O–H groups in total. The van der Waals surface area contributed by atoms with Crippen molar-refractivity contribution in [1.82, 2.24) is 15.1 Å². The van der Waals surface area contributed by atoms with Crippen LogP contribution in [-0.2, 0) is 4.79 Å². The SMILES string of the molecule is O=C(CN1CCCC1c1ccc2c(c1)OCO2)N1CCNC1=O. The fourth-order valence-corrected chi connectivity index (χ4v) is 3.48. The monoisotopic (exact) mass is 317 g/mol. The van der Waals surface area contributed by atoms with E-state index < -0.39 is 0 Å². The number of amides is 3. The number of hydrogen-bond acceptors (Lipinski definition) is 5. The highest BCUT2D eigenvalue weighted by atomic mass is 16.7. The second kappa shape index (κ2) is 5.73. The van der Waals surface area contributed by atoms with Crippen LogP contribution in [0.1, 0.15) is 24.4 Å². The summed E-state index contributed by atoms with van der Waals surface area (Å²) in [4.78, 5) is 27.4. The Morgan fingerprint density at radius 1 is 1.26 bits per heavy atom. The third-order valence-corrected chi connectivity index (χ3v) is 4.64. The lowest BCUT2D eigenvalue weighted by atomic mass is 10.0. The van der Waals surface area contributed by atoms with Crippen LogP contribution in [0, 0.1) is 0 Å². The van der Waals surface area contributed by atoms with Gasteiger partial charge in [0.15, 0.2) is 11.5 Å². The molecule has 2 fully saturated rings. The number of nitrogens with one attached hydrogen (secondary N) is 1. The number of hydrogen-bond donors (Lipinski definition) is 1. The second-order valence-electron chi connectivity index (χ2n) is 6.02. The summed E-state index contributed by atoms with van der Waals surface area (Å²) < 4.78 is 10.8. The van der Waals surface area contributed by atoms with Crippen molar-refractivity contribution < 1.29 is 19.1 Å². The van der Waals surface area contributed by atoms with E-state index in [9.17, 15) is 9.59 Å². The standard InChI is InChI=1S/C16H19N3O4/c20-15(19-7-5-17-16(19)21)9-18-6-1-2-12(18)11-3-4-13-14(8-11)23-10-22-13/h3-4,8,12H,1-2,5-7,9-10H2,(H,17,21). The van der Waals surface area contributed by atoms with Gasteiger partial charge in [-0.25, -0.2) is 4.79 Å². The van der Waals surface area contributed by atoms with Gasteiger partial charge in [0.1, 0.15) is 0 Å². The van der Waals surface area contributed by atoms with Crippen LogP contribution < -0.4 is 14.8 Å². The minimum absolute atomic E-state index is 0.132. The van der Waals surface area contributed by atoms with Crippen LogP contribution in [0.25, 0.3) is 0 Å². The number of ether oxygens (including phenoxy) is 2. The van der Waals surface area contributed by atoms with Crippen molar-refractivity contribution in [3.8, 4) is 11.5 Å². The largest absolute Gasteiger partial charge is 0.454 e. The van der Waals surface area contributed by atoms with Crippen LogP contribution in [0.5, 0.6) is 11.5 Å². The Balaban J connectivity index is 1.48. The molecular formula is C16H19N3O4. The highest BCUT2D eigenvalue weighted by molar-refractivity contribution is 5.96. The van der Waals surface area contributed by atoms with E-state index in [1.807, 2.05) is 18.2 Å². The molecule has 0 aromatic heterocycles. The van der Waals surface area contributed by atoms with Crippen LogP contribution in [0.15, 0.2) is 18.2 Å². The summed E-state index contributed by atoms with van der Waals surface area (Å²) in [6, 6.07) is 5.85. The smallest absolute Gasteiger partial charge is 0.324 e. The van der Waals surface area contributed by atoms with E-state index in [0.717, 1.165) is 36.4 Å². The normalized spacial score (nSPS) is 23.4. The van der Waals surface area contributed by atoms with Crippen molar-refractivity contribution in [3.63, 3.8) is 0 Å².